The molecule has 0 fully saturated rings. The van der Waals surface area contributed by atoms with Gasteiger partial charge in [0.1, 0.15) is 0 Å². The van der Waals surface area contributed by atoms with E-state index in [1.807, 2.05) is 0 Å². The standard InChI is InChI=1S/C19H44N4O2S.3ClH/c1-2-3-4-5-6-7-8-9-10-11-19-26(24,25)23-18-17-22-15-12-14-21-16-13-20;;;/h21-23H,2-20H2,1H3;3*1H. The van der Waals surface area contributed by atoms with Crippen LogP contribution in [0, 0.1) is 0 Å². The number of hydrogen-bond donors (Lipinski definition) is 4. The van der Waals surface area contributed by atoms with Crippen molar-refractivity contribution in [1.29, 1.82) is 0 Å². The van der Waals surface area contributed by atoms with E-state index in [4.69, 9.17) is 5.73 Å². The summed E-state index contributed by atoms with van der Waals surface area (Å²) >= 11 is 0. The van der Waals surface area contributed by atoms with Crippen molar-refractivity contribution in [2.75, 3.05) is 45.0 Å². The molecule has 10 heteroatoms. The molecule has 0 atom stereocenters. The van der Waals surface area contributed by atoms with Gasteiger partial charge in [0, 0.05) is 26.2 Å². The van der Waals surface area contributed by atoms with Crippen molar-refractivity contribution >= 4 is 47.2 Å². The molecule has 0 spiro atoms. The second kappa shape index (κ2) is 28.7. The summed E-state index contributed by atoms with van der Waals surface area (Å²) in [6, 6.07) is 0. The van der Waals surface area contributed by atoms with Crippen LogP contribution in [0.15, 0.2) is 0 Å². The molecular formula is C19H47Cl3N4O2S. The minimum Gasteiger partial charge on any atom is -0.329 e. The number of hydrogen-bond acceptors (Lipinski definition) is 5. The fourth-order valence-corrected chi connectivity index (χ4v) is 3.98. The van der Waals surface area contributed by atoms with Crippen LogP contribution in [0.3, 0.4) is 0 Å². The number of nitrogens with one attached hydrogen (secondary N) is 3. The van der Waals surface area contributed by atoms with Crippen LogP contribution < -0.4 is 21.1 Å². The van der Waals surface area contributed by atoms with E-state index in [2.05, 4.69) is 22.3 Å². The summed E-state index contributed by atoms with van der Waals surface area (Å²) in [7, 11) is -3.11. The Bertz CT molecular complexity index is 392. The Kier molecular flexibility index (Phi) is 36.6. The monoisotopic (exact) mass is 500 g/mol. The SMILES string of the molecule is CCCCCCCCCCCCS(=O)(=O)NCCNCCCNCCN.Cl.Cl.Cl. The molecule has 0 saturated heterocycles. The third-order valence-electron chi connectivity index (χ3n) is 4.42. The average Bonchev–Trinajstić information content (AvgIpc) is 2.62. The summed E-state index contributed by atoms with van der Waals surface area (Å²) in [6.07, 6.45) is 13.2. The lowest BCUT2D eigenvalue weighted by Crippen LogP contribution is -2.34. The fourth-order valence-electron chi connectivity index (χ4n) is 2.84. The largest absolute Gasteiger partial charge is 0.329 e. The lowest BCUT2D eigenvalue weighted by atomic mass is 10.1. The van der Waals surface area contributed by atoms with Crippen molar-refractivity contribution < 1.29 is 8.42 Å². The highest BCUT2D eigenvalue weighted by molar-refractivity contribution is 7.89. The lowest BCUT2D eigenvalue weighted by molar-refractivity contribution is 0.552. The van der Waals surface area contributed by atoms with E-state index in [0.29, 0.717) is 19.6 Å². The van der Waals surface area contributed by atoms with Gasteiger partial charge < -0.3 is 16.4 Å². The molecule has 0 bridgehead atoms. The molecule has 182 valence electrons. The van der Waals surface area contributed by atoms with E-state index in [1.165, 1.54) is 44.9 Å². The van der Waals surface area contributed by atoms with E-state index in [9.17, 15) is 8.42 Å². The first-order chi connectivity index (χ1) is 12.6. The molecule has 0 aliphatic carbocycles. The molecule has 0 unspecified atom stereocenters. The van der Waals surface area contributed by atoms with Gasteiger partial charge >= 0.3 is 0 Å². The normalized spacial score (nSPS) is 10.7. The fraction of sp³-hybridized carbons (Fsp3) is 1.00. The van der Waals surface area contributed by atoms with Crippen LogP contribution in [-0.4, -0.2) is 53.4 Å². The first-order valence-corrected chi connectivity index (χ1v) is 12.4. The van der Waals surface area contributed by atoms with Crippen molar-refractivity contribution in [2.24, 2.45) is 5.73 Å². The number of rotatable bonds is 21. The highest BCUT2D eigenvalue weighted by Crippen LogP contribution is 2.10. The molecule has 0 saturated carbocycles. The van der Waals surface area contributed by atoms with Crippen molar-refractivity contribution in [3.05, 3.63) is 0 Å². The minimum absolute atomic E-state index is 0. The number of nitrogens with two attached hydrogens (primary N) is 1. The van der Waals surface area contributed by atoms with Gasteiger partial charge in [0.15, 0.2) is 0 Å². The highest BCUT2D eigenvalue weighted by Gasteiger charge is 2.08. The van der Waals surface area contributed by atoms with Crippen LogP contribution in [0.5, 0.6) is 0 Å². The minimum atomic E-state index is -3.11. The molecule has 0 heterocycles. The Morgan fingerprint density at radius 1 is 0.621 bits per heavy atom. The maximum absolute atomic E-state index is 11.9. The summed E-state index contributed by atoms with van der Waals surface area (Å²) in [4.78, 5) is 0. The summed E-state index contributed by atoms with van der Waals surface area (Å²) in [5.41, 5.74) is 5.39. The zero-order valence-corrected chi connectivity index (χ0v) is 21.5. The van der Waals surface area contributed by atoms with Crippen molar-refractivity contribution in [3.8, 4) is 0 Å². The predicted molar refractivity (Wildman–Crippen MR) is 135 cm³/mol. The Balaban J connectivity index is -0.00000104. The molecule has 0 aromatic rings. The summed E-state index contributed by atoms with van der Waals surface area (Å²) < 4.78 is 26.5. The van der Waals surface area contributed by atoms with Crippen molar-refractivity contribution in [1.82, 2.24) is 15.4 Å². The number of sulfonamides is 1. The molecule has 0 aromatic carbocycles. The Morgan fingerprint density at radius 3 is 1.62 bits per heavy atom. The van der Waals surface area contributed by atoms with E-state index in [0.717, 1.165) is 45.3 Å². The molecule has 0 amide bonds. The molecule has 0 radical (unpaired) electrons. The van der Waals surface area contributed by atoms with E-state index in [1.54, 1.807) is 0 Å². The van der Waals surface area contributed by atoms with Gasteiger partial charge in [-0.1, -0.05) is 64.7 Å². The second-order valence-electron chi connectivity index (χ2n) is 7.04. The third kappa shape index (κ3) is 30.9. The Labute approximate surface area is 199 Å². The van der Waals surface area contributed by atoms with Gasteiger partial charge in [-0.25, -0.2) is 13.1 Å². The van der Waals surface area contributed by atoms with Gasteiger partial charge in [0.05, 0.1) is 5.75 Å². The van der Waals surface area contributed by atoms with Crippen LogP contribution in [0.25, 0.3) is 0 Å². The van der Waals surface area contributed by atoms with Gasteiger partial charge in [-0.15, -0.1) is 37.2 Å². The zero-order chi connectivity index (χ0) is 19.3. The quantitative estimate of drug-likeness (QED) is 0.180. The predicted octanol–water partition coefficient (Wildman–Crippen LogP) is 3.62. The first kappa shape index (κ1) is 37.0. The Morgan fingerprint density at radius 2 is 1.10 bits per heavy atom. The maximum atomic E-state index is 11.9. The van der Waals surface area contributed by atoms with E-state index < -0.39 is 10.0 Å². The van der Waals surface area contributed by atoms with Crippen molar-refractivity contribution in [3.63, 3.8) is 0 Å². The molecule has 0 rings (SSSR count). The van der Waals surface area contributed by atoms with E-state index >= 15 is 0 Å². The molecule has 0 aliphatic rings. The number of halogens is 3. The molecule has 0 aromatic heterocycles. The van der Waals surface area contributed by atoms with Crippen LogP contribution in [0.1, 0.15) is 77.6 Å². The Hall–Kier alpha value is 0.660. The summed E-state index contributed by atoms with van der Waals surface area (Å²) in [5, 5.41) is 6.47. The molecule has 29 heavy (non-hydrogen) atoms. The summed E-state index contributed by atoms with van der Waals surface area (Å²) in [5.74, 6) is 0.256. The van der Waals surface area contributed by atoms with E-state index in [-0.39, 0.29) is 43.0 Å². The second-order valence-corrected chi connectivity index (χ2v) is 8.96. The molecule has 5 N–H and O–H groups in total. The van der Waals surface area contributed by atoms with Crippen molar-refractivity contribution in [2.45, 2.75) is 77.6 Å². The maximum Gasteiger partial charge on any atom is 0.211 e. The van der Waals surface area contributed by atoms with Crippen LogP contribution in [-0.2, 0) is 10.0 Å². The molecule has 0 aliphatic heterocycles. The lowest BCUT2D eigenvalue weighted by Gasteiger charge is -2.08. The smallest absolute Gasteiger partial charge is 0.211 e. The highest BCUT2D eigenvalue weighted by atomic mass is 35.5. The van der Waals surface area contributed by atoms with Crippen LogP contribution >= 0.6 is 37.2 Å². The first-order valence-electron chi connectivity index (χ1n) is 10.7. The average molecular weight is 502 g/mol. The van der Waals surface area contributed by atoms with Gasteiger partial charge in [-0.3, -0.25) is 0 Å². The van der Waals surface area contributed by atoms with Crippen LogP contribution in [0.4, 0.5) is 0 Å². The van der Waals surface area contributed by atoms with Gasteiger partial charge in [0.2, 0.25) is 10.0 Å². The van der Waals surface area contributed by atoms with Gasteiger partial charge in [-0.05, 0) is 25.9 Å². The van der Waals surface area contributed by atoms with Crippen LogP contribution in [0.2, 0.25) is 0 Å². The van der Waals surface area contributed by atoms with Gasteiger partial charge in [0.25, 0.3) is 0 Å². The molecular weight excluding hydrogens is 455 g/mol. The zero-order valence-electron chi connectivity index (χ0n) is 18.3. The molecule has 6 nitrogen and oxygen atoms in total. The van der Waals surface area contributed by atoms with Gasteiger partial charge in [-0.2, -0.15) is 0 Å². The third-order valence-corrected chi connectivity index (χ3v) is 5.89. The summed E-state index contributed by atoms with van der Waals surface area (Å²) in [6.45, 7) is 6.72. The topological polar surface area (TPSA) is 96.2 Å². The number of unbranched alkanes of at least 4 members (excludes halogenated alkanes) is 9.